The molecule has 0 fully saturated rings. The van der Waals surface area contributed by atoms with E-state index in [1.54, 1.807) is 0 Å². The van der Waals surface area contributed by atoms with Crippen molar-refractivity contribution in [1.82, 2.24) is 4.57 Å². The Morgan fingerprint density at radius 3 is 1.80 bits per heavy atom. The molecule has 10 aromatic rings. The van der Waals surface area contributed by atoms with Crippen LogP contribution in [0.1, 0.15) is 6.85 Å². The maximum atomic E-state index is 8.66. The van der Waals surface area contributed by atoms with Gasteiger partial charge in [-0.1, -0.05) is 176 Å². The van der Waals surface area contributed by atoms with Crippen LogP contribution >= 0.6 is 0 Å². The highest BCUT2D eigenvalue weighted by Crippen LogP contribution is 2.47. The van der Waals surface area contributed by atoms with Gasteiger partial charge in [0.1, 0.15) is 0 Å². The number of hydrogen-bond acceptors (Lipinski definition) is 1. The molecule has 0 atom stereocenters. The van der Waals surface area contributed by atoms with Gasteiger partial charge < -0.3 is 9.47 Å². The summed E-state index contributed by atoms with van der Waals surface area (Å²) in [5, 5.41) is 4.67. The summed E-state index contributed by atoms with van der Waals surface area (Å²) in [6.07, 6.45) is 0. The second kappa shape index (κ2) is 13.4. The maximum absolute atomic E-state index is 8.66. The third kappa shape index (κ3) is 5.36. The van der Waals surface area contributed by atoms with E-state index in [-0.39, 0.29) is 29.7 Å². The van der Waals surface area contributed by atoms with Crippen molar-refractivity contribution in [3.8, 4) is 39.1 Å². The molecule has 54 heavy (non-hydrogen) atoms. The molecule has 0 unspecified atom stereocenters. The van der Waals surface area contributed by atoms with Crippen LogP contribution < -0.4 is 4.90 Å². The van der Waals surface area contributed by atoms with Gasteiger partial charge in [0.25, 0.3) is 0 Å². The summed E-state index contributed by atoms with van der Waals surface area (Å²) in [6, 6.07) is 63.5. The number of aromatic nitrogens is 1. The molecule has 0 saturated carbocycles. The third-order valence-electron chi connectivity index (χ3n) is 10.3. The molecule has 2 heteroatoms. The molecular weight excluding hydrogens is 653 g/mol. The number of hydrogen-bond donors (Lipinski definition) is 0. The highest BCUT2D eigenvalue weighted by atomic mass is 15.1. The van der Waals surface area contributed by atoms with E-state index in [9.17, 15) is 0 Å². The van der Waals surface area contributed by atoms with Gasteiger partial charge in [0.2, 0.25) is 0 Å². The molecule has 0 aliphatic heterocycles. The van der Waals surface area contributed by atoms with Crippen molar-refractivity contribution in [3.63, 3.8) is 0 Å². The molecule has 0 bridgehead atoms. The normalized spacial score (nSPS) is 12.6. The first-order valence-electron chi connectivity index (χ1n) is 20.6. The van der Waals surface area contributed by atoms with E-state index in [2.05, 4.69) is 155 Å². The topological polar surface area (TPSA) is 8.17 Å². The first-order valence-corrected chi connectivity index (χ1v) is 18.1. The third-order valence-corrected chi connectivity index (χ3v) is 10.3. The van der Waals surface area contributed by atoms with Crippen LogP contribution in [0, 0.1) is 0 Å². The molecule has 10 rings (SSSR count). The Kier molecular flexibility index (Phi) is 6.61. The van der Waals surface area contributed by atoms with Gasteiger partial charge in [-0.2, -0.15) is 0 Å². The zero-order valence-electron chi connectivity index (χ0n) is 34.3. The van der Waals surface area contributed by atoms with Crippen LogP contribution in [0.5, 0.6) is 0 Å². The van der Waals surface area contributed by atoms with Gasteiger partial charge in [-0.05, 0) is 70.1 Å². The van der Waals surface area contributed by atoms with Crippen LogP contribution in [0.15, 0.2) is 218 Å². The number of anilines is 3. The van der Waals surface area contributed by atoms with E-state index in [0.717, 1.165) is 66.8 Å². The minimum absolute atomic E-state index is 0.174. The molecule has 9 aromatic carbocycles. The number of rotatable bonds is 7. The number of para-hydroxylation sites is 3. The predicted octanol–water partition coefficient (Wildman–Crippen LogP) is 14.4. The summed E-state index contributed by atoms with van der Waals surface area (Å²) in [4.78, 5) is 2.27. The van der Waals surface area contributed by atoms with Crippen LogP contribution in [0.25, 0.3) is 71.6 Å². The molecule has 0 spiro atoms. The first-order chi connectivity index (χ1) is 28.9. The lowest BCUT2D eigenvalue weighted by Gasteiger charge is -2.30. The summed E-state index contributed by atoms with van der Waals surface area (Å²) in [5.74, 6) is 0. The maximum Gasteiger partial charge on any atom is 0.0629 e. The molecule has 254 valence electrons. The summed E-state index contributed by atoms with van der Waals surface area (Å²) in [6.45, 7) is 0. The molecule has 2 nitrogen and oxygen atoms in total. The van der Waals surface area contributed by atoms with E-state index >= 15 is 0 Å². The minimum Gasteiger partial charge on any atom is -0.309 e. The fraction of sp³-hybridized carbons (Fsp3) is 0. The predicted molar refractivity (Wildman–Crippen MR) is 229 cm³/mol. The fourth-order valence-electron chi connectivity index (χ4n) is 7.91. The molecule has 0 radical (unpaired) electrons. The number of fused-ring (bicyclic) bond motifs is 4. The fourth-order valence-corrected chi connectivity index (χ4v) is 7.91. The van der Waals surface area contributed by atoms with Crippen LogP contribution in [0.2, 0.25) is 0 Å². The van der Waals surface area contributed by atoms with Crippen LogP contribution in [-0.2, 0) is 0 Å². The van der Waals surface area contributed by atoms with Crippen LogP contribution in [0.4, 0.5) is 17.1 Å². The van der Waals surface area contributed by atoms with Gasteiger partial charge in [-0.15, -0.1) is 0 Å². The van der Waals surface area contributed by atoms with Gasteiger partial charge in [0.05, 0.1) is 34.9 Å². The van der Waals surface area contributed by atoms with Crippen LogP contribution in [-0.4, -0.2) is 4.57 Å². The Hall–Kier alpha value is -7.16. The molecular formula is C52H36N2. The zero-order valence-corrected chi connectivity index (χ0v) is 29.3. The quantitative estimate of drug-likeness (QED) is 0.161. The van der Waals surface area contributed by atoms with Crippen molar-refractivity contribution in [1.29, 1.82) is 0 Å². The molecule has 0 aliphatic carbocycles. The van der Waals surface area contributed by atoms with E-state index in [1.807, 2.05) is 42.5 Å². The van der Waals surface area contributed by atoms with E-state index in [1.165, 1.54) is 10.8 Å². The standard InChI is InChI=1S/C52H36N2/c1-3-17-37(18-4-1)38-33-35-41(36-34-38)53(47-28-12-9-24-42(47)39-19-5-2-6-20-39)49-29-13-10-25-44(49)45-27-16-32-51-52(45)46-26-11-14-30-50(46)54(51)48-31-15-22-40-21-7-8-23-43(40)48/h1-36H/i1D,3D,4D,17D,18D. The van der Waals surface area contributed by atoms with E-state index < -0.39 is 6.04 Å². The SMILES string of the molecule is [2H]c1c([2H])c([2H])c(-c2ccc(N(c3ccccc3-c3ccccc3)c3ccccc3-c3cccc4c3c3ccccc3n4-c3cccc4ccccc34)cc2)c([2H])c1[2H]. The second-order valence-corrected chi connectivity index (χ2v) is 13.3. The van der Waals surface area contributed by atoms with Gasteiger partial charge >= 0.3 is 0 Å². The molecule has 0 aliphatic rings. The largest absolute Gasteiger partial charge is 0.309 e. The lowest BCUT2D eigenvalue weighted by molar-refractivity contribution is 1.20. The van der Waals surface area contributed by atoms with E-state index in [4.69, 9.17) is 6.85 Å². The lowest BCUT2D eigenvalue weighted by atomic mass is 9.95. The van der Waals surface area contributed by atoms with Gasteiger partial charge in [0.15, 0.2) is 0 Å². The van der Waals surface area contributed by atoms with Gasteiger partial charge in [-0.3, -0.25) is 0 Å². The van der Waals surface area contributed by atoms with Crippen molar-refractivity contribution in [2.45, 2.75) is 0 Å². The second-order valence-electron chi connectivity index (χ2n) is 13.3. The summed E-state index contributed by atoms with van der Waals surface area (Å²) in [7, 11) is 0. The molecule has 0 N–H and O–H groups in total. The van der Waals surface area contributed by atoms with Crippen molar-refractivity contribution in [2.75, 3.05) is 4.90 Å². The average molecular weight is 694 g/mol. The van der Waals surface area contributed by atoms with Gasteiger partial charge in [0, 0.05) is 33.0 Å². The Morgan fingerprint density at radius 1 is 0.389 bits per heavy atom. The Labute approximate surface area is 322 Å². The van der Waals surface area contributed by atoms with Gasteiger partial charge in [-0.25, -0.2) is 0 Å². The molecule has 0 amide bonds. The highest BCUT2D eigenvalue weighted by Gasteiger charge is 2.23. The van der Waals surface area contributed by atoms with E-state index in [0.29, 0.717) is 5.56 Å². The monoisotopic (exact) mass is 693 g/mol. The number of nitrogens with zero attached hydrogens (tertiary/aromatic N) is 2. The smallest absolute Gasteiger partial charge is 0.0629 e. The Morgan fingerprint density at radius 2 is 0.981 bits per heavy atom. The Bertz CT molecular complexity index is 3190. The lowest BCUT2D eigenvalue weighted by Crippen LogP contribution is -2.12. The minimum atomic E-state index is -0.407. The molecule has 1 aromatic heterocycles. The molecule has 0 saturated heterocycles. The Balaban J connectivity index is 1.22. The summed E-state index contributed by atoms with van der Waals surface area (Å²) >= 11 is 0. The van der Waals surface area contributed by atoms with Crippen molar-refractivity contribution in [3.05, 3.63) is 218 Å². The zero-order chi connectivity index (χ0) is 40.2. The first kappa shape index (κ1) is 26.6. The van der Waals surface area contributed by atoms with Crippen molar-refractivity contribution >= 4 is 49.6 Å². The van der Waals surface area contributed by atoms with Crippen LogP contribution in [0.3, 0.4) is 0 Å². The van der Waals surface area contributed by atoms with Crippen molar-refractivity contribution < 1.29 is 6.85 Å². The highest BCUT2D eigenvalue weighted by molar-refractivity contribution is 6.17. The molecule has 1 heterocycles. The van der Waals surface area contributed by atoms with Crippen molar-refractivity contribution in [2.24, 2.45) is 0 Å². The average Bonchev–Trinajstić information content (AvgIpc) is 3.63. The summed E-state index contributed by atoms with van der Waals surface area (Å²) < 4.78 is 44.5. The number of benzene rings is 9. The summed E-state index contributed by atoms with van der Waals surface area (Å²) in [5.41, 5.74) is 11.1.